The van der Waals surface area contributed by atoms with Gasteiger partial charge in [0.25, 0.3) is 5.78 Å². The highest BCUT2D eigenvalue weighted by Gasteiger charge is 2.47. The Balaban J connectivity index is 1.91. The summed E-state index contributed by atoms with van der Waals surface area (Å²) in [4.78, 5) is 31.2. The van der Waals surface area contributed by atoms with E-state index < -0.39 is 23.5 Å². The first-order chi connectivity index (χ1) is 14.5. The summed E-state index contributed by atoms with van der Waals surface area (Å²) in [7, 11) is 1.52. The van der Waals surface area contributed by atoms with Crippen LogP contribution in [0, 0.1) is 5.82 Å². The number of carbonyl (C=O) groups excluding carboxylic acids is 2. The molecule has 2 heterocycles. The van der Waals surface area contributed by atoms with E-state index >= 15 is 0 Å². The van der Waals surface area contributed by atoms with E-state index in [0.717, 1.165) is 0 Å². The summed E-state index contributed by atoms with van der Waals surface area (Å²) in [5, 5.41) is 11.0. The number of ether oxygens (including phenoxy) is 1. The molecule has 0 radical (unpaired) electrons. The molecule has 0 bridgehead atoms. The molecule has 30 heavy (non-hydrogen) atoms. The number of pyridine rings is 1. The Morgan fingerprint density at radius 3 is 2.33 bits per heavy atom. The van der Waals surface area contributed by atoms with Gasteiger partial charge in [-0.05, 0) is 54.1 Å². The first-order valence-corrected chi connectivity index (χ1v) is 9.13. The van der Waals surface area contributed by atoms with Crippen molar-refractivity contribution in [1.82, 2.24) is 4.98 Å². The lowest BCUT2D eigenvalue weighted by Gasteiger charge is -2.24. The lowest BCUT2D eigenvalue weighted by atomic mass is 9.95. The highest BCUT2D eigenvalue weighted by molar-refractivity contribution is 6.51. The van der Waals surface area contributed by atoms with Gasteiger partial charge in [0.15, 0.2) is 0 Å². The lowest BCUT2D eigenvalue weighted by Crippen LogP contribution is -2.30. The number of aromatic nitrogens is 1. The van der Waals surface area contributed by atoms with Gasteiger partial charge in [0.2, 0.25) is 0 Å². The molecule has 1 fully saturated rings. The van der Waals surface area contributed by atoms with Crippen LogP contribution in [0.5, 0.6) is 5.75 Å². The summed E-state index contributed by atoms with van der Waals surface area (Å²) in [5.41, 5.74) is 0.723. The molecule has 6 nitrogen and oxygen atoms in total. The van der Waals surface area contributed by atoms with Crippen molar-refractivity contribution in [1.29, 1.82) is 0 Å². The Morgan fingerprint density at radius 2 is 1.73 bits per heavy atom. The van der Waals surface area contributed by atoms with Gasteiger partial charge in [0, 0.05) is 11.8 Å². The van der Waals surface area contributed by atoms with Crippen LogP contribution in [0.4, 0.5) is 10.2 Å². The molecule has 0 aliphatic carbocycles. The molecule has 1 N–H and O–H groups in total. The number of hydrogen-bond acceptors (Lipinski definition) is 5. The van der Waals surface area contributed by atoms with Crippen LogP contribution < -0.4 is 9.64 Å². The Hall–Kier alpha value is -4.00. The normalized spacial score (nSPS) is 17.9. The van der Waals surface area contributed by atoms with Gasteiger partial charge in [-0.3, -0.25) is 14.5 Å². The molecule has 1 aromatic heterocycles. The summed E-state index contributed by atoms with van der Waals surface area (Å²) in [5.74, 6) is -1.62. The molecular formula is C23H17FN2O4. The minimum absolute atomic E-state index is 0.0950. The predicted octanol–water partition coefficient (Wildman–Crippen LogP) is 3.86. The van der Waals surface area contributed by atoms with E-state index in [9.17, 15) is 19.1 Å². The molecule has 0 saturated carbocycles. The topological polar surface area (TPSA) is 79.7 Å². The molecule has 1 amide bonds. The first kappa shape index (κ1) is 19.3. The fourth-order valence-electron chi connectivity index (χ4n) is 3.43. The molecule has 4 rings (SSSR count). The zero-order chi connectivity index (χ0) is 21.3. The third-order valence-electron chi connectivity index (χ3n) is 4.89. The first-order valence-electron chi connectivity index (χ1n) is 9.13. The summed E-state index contributed by atoms with van der Waals surface area (Å²) in [6.45, 7) is 0. The number of methoxy groups -OCH3 is 1. The number of nitrogens with zero attached hydrogens (tertiary/aromatic N) is 2. The molecule has 150 valence electrons. The zero-order valence-corrected chi connectivity index (χ0v) is 15.9. The van der Waals surface area contributed by atoms with Gasteiger partial charge >= 0.3 is 5.91 Å². The van der Waals surface area contributed by atoms with Crippen LogP contribution in [-0.2, 0) is 9.59 Å². The number of anilines is 1. The van der Waals surface area contributed by atoms with Crippen molar-refractivity contribution in [2.75, 3.05) is 12.0 Å². The molecule has 3 aromatic rings. The second-order valence-corrected chi connectivity index (χ2v) is 6.64. The predicted molar refractivity (Wildman–Crippen MR) is 108 cm³/mol. The molecule has 2 aromatic carbocycles. The maximum atomic E-state index is 13.5. The molecule has 1 unspecified atom stereocenters. The second-order valence-electron chi connectivity index (χ2n) is 6.64. The highest BCUT2D eigenvalue weighted by Crippen LogP contribution is 2.41. The van der Waals surface area contributed by atoms with Crippen molar-refractivity contribution in [3.05, 3.63) is 95.4 Å². The number of hydrogen-bond donors (Lipinski definition) is 1. The van der Waals surface area contributed by atoms with Crippen LogP contribution >= 0.6 is 0 Å². The summed E-state index contributed by atoms with van der Waals surface area (Å²) in [6, 6.07) is 15.9. The molecule has 0 spiro atoms. The van der Waals surface area contributed by atoms with Gasteiger partial charge in [-0.2, -0.15) is 0 Å². The van der Waals surface area contributed by atoms with Crippen LogP contribution in [-0.4, -0.2) is 28.9 Å². The number of carbonyl (C=O) groups is 2. The number of rotatable bonds is 4. The molecule has 7 heteroatoms. The van der Waals surface area contributed by atoms with E-state index in [0.29, 0.717) is 16.9 Å². The van der Waals surface area contributed by atoms with Gasteiger partial charge in [-0.15, -0.1) is 0 Å². The number of aliphatic hydroxyl groups excluding tert-OH is 1. The van der Waals surface area contributed by atoms with Crippen molar-refractivity contribution in [3.63, 3.8) is 0 Å². The average Bonchev–Trinajstić information content (AvgIpc) is 3.05. The minimum atomic E-state index is -0.956. The summed E-state index contributed by atoms with van der Waals surface area (Å²) < 4.78 is 18.6. The Kier molecular flexibility index (Phi) is 5.02. The fourth-order valence-corrected chi connectivity index (χ4v) is 3.43. The SMILES string of the molecule is COc1ccc(C(O)=C2C(=O)C(=O)N(c3ccccn3)C2c2ccc(F)cc2)cc1. The molecule has 1 aliphatic rings. The summed E-state index contributed by atoms with van der Waals surface area (Å²) >= 11 is 0. The monoisotopic (exact) mass is 404 g/mol. The minimum Gasteiger partial charge on any atom is -0.507 e. The van der Waals surface area contributed by atoms with Crippen LogP contribution in [0.25, 0.3) is 5.76 Å². The average molecular weight is 404 g/mol. The smallest absolute Gasteiger partial charge is 0.301 e. The van der Waals surface area contributed by atoms with Gasteiger partial charge < -0.3 is 9.84 Å². The van der Waals surface area contributed by atoms with Crippen molar-refractivity contribution in [3.8, 4) is 5.75 Å². The number of benzene rings is 2. The van der Waals surface area contributed by atoms with Crippen LogP contribution in [0.1, 0.15) is 17.2 Å². The number of Topliss-reactive ketones (excluding diaryl/α,β-unsaturated/α-hetero) is 1. The maximum Gasteiger partial charge on any atom is 0.301 e. The number of amides is 1. The number of halogens is 1. The van der Waals surface area contributed by atoms with Gasteiger partial charge in [0.05, 0.1) is 18.7 Å². The second kappa shape index (κ2) is 7.79. The zero-order valence-electron chi connectivity index (χ0n) is 15.9. The standard InChI is InChI=1S/C23H17FN2O4/c1-30-17-11-7-15(8-12-17)21(27)19-20(14-5-9-16(24)10-6-14)26(23(29)22(19)28)18-4-2-3-13-25-18/h2-13,20,27H,1H3. The summed E-state index contributed by atoms with van der Waals surface area (Å²) in [6.07, 6.45) is 1.50. The van der Waals surface area contributed by atoms with Crippen molar-refractivity contribution in [2.24, 2.45) is 0 Å². The largest absolute Gasteiger partial charge is 0.507 e. The van der Waals surface area contributed by atoms with E-state index in [1.807, 2.05) is 0 Å². The molecular weight excluding hydrogens is 387 g/mol. The van der Waals surface area contributed by atoms with E-state index in [4.69, 9.17) is 4.74 Å². The van der Waals surface area contributed by atoms with Crippen molar-refractivity contribution in [2.45, 2.75) is 6.04 Å². The highest BCUT2D eigenvalue weighted by atomic mass is 19.1. The molecule has 1 atom stereocenters. The van der Waals surface area contributed by atoms with Gasteiger partial charge in [0.1, 0.15) is 23.1 Å². The Morgan fingerprint density at radius 1 is 1.03 bits per heavy atom. The van der Waals surface area contributed by atoms with Crippen LogP contribution in [0.2, 0.25) is 0 Å². The lowest BCUT2D eigenvalue weighted by molar-refractivity contribution is -0.132. The fraction of sp³-hybridized carbons (Fsp3) is 0.0870. The van der Waals surface area contributed by atoms with Crippen LogP contribution in [0.3, 0.4) is 0 Å². The Labute approximate surface area is 171 Å². The maximum absolute atomic E-state index is 13.5. The van der Waals surface area contributed by atoms with E-state index in [1.165, 1.54) is 42.5 Å². The molecule has 1 saturated heterocycles. The Bertz CT molecular complexity index is 1130. The van der Waals surface area contributed by atoms with Crippen LogP contribution in [0.15, 0.2) is 78.5 Å². The quantitative estimate of drug-likeness (QED) is 0.406. The van der Waals surface area contributed by atoms with E-state index in [1.54, 1.807) is 42.5 Å². The van der Waals surface area contributed by atoms with Crippen molar-refractivity contribution >= 4 is 23.3 Å². The number of aliphatic hydroxyl groups is 1. The van der Waals surface area contributed by atoms with Crippen molar-refractivity contribution < 1.29 is 23.8 Å². The van der Waals surface area contributed by atoms with E-state index in [-0.39, 0.29) is 17.2 Å². The van der Waals surface area contributed by atoms with Gasteiger partial charge in [-0.1, -0.05) is 18.2 Å². The molecule has 1 aliphatic heterocycles. The van der Waals surface area contributed by atoms with E-state index in [2.05, 4.69) is 4.98 Å². The van der Waals surface area contributed by atoms with Gasteiger partial charge in [-0.25, -0.2) is 9.37 Å². The third-order valence-corrected chi connectivity index (χ3v) is 4.89. The number of ketones is 1. The third kappa shape index (κ3) is 3.30.